The quantitative estimate of drug-likeness (QED) is 0.204. The van der Waals surface area contributed by atoms with Crippen molar-refractivity contribution >= 4 is 34.1 Å². The maximum Gasteiger partial charge on any atom is 0.203 e. The molecule has 0 amide bonds. The van der Waals surface area contributed by atoms with Gasteiger partial charge in [-0.15, -0.1) is 0 Å². The SMILES string of the molecule is COc1cc(C2C3=C(CC(C)(C)CC3=O)Nc3c2c(-c2c[nH]c4ccccc24)nn3-c2ccc(Cl)cc2)cc(OC)c1OC. The number of halogens is 1. The summed E-state index contributed by atoms with van der Waals surface area (Å²) in [6.45, 7) is 4.27. The van der Waals surface area contributed by atoms with Crippen LogP contribution in [0.2, 0.25) is 5.02 Å². The second kappa shape index (κ2) is 10.5. The van der Waals surface area contributed by atoms with Gasteiger partial charge in [-0.3, -0.25) is 4.79 Å². The van der Waals surface area contributed by atoms with Crippen LogP contribution in [0.5, 0.6) is 17.2 Å². The molecule has 224 valence electrons. The number of para-hydroxylation sites is 1. The van der Waals surface area contributed by atoms with Gasteiger partial charge in [0.25, 0.3) is 0 Å². The van der Waals surface area contributed by atoms with Gasteiger partial charge < -0.3 is 24.5 Å². The molecule has 2 N–H and O–H groups in total. The standard InChI is InChI=1S/C35H33ClN4O4/c1-35(2)16-25-30(26(41)17-35)29(19-14-27(42-3)33(44-5)28(15-19)43-4)31-32(23-18-37-24-9-7-6-8-22(23)24)39-40(34(31)38-25)21-12-10-20(36)11-13-21/h6-15,18,29,37-38H,16-17H2,1-5H3. The van der Waals surface area contributed by atoms with Crippen LogP contribution in [0, 0.1) is 5.41 Å². The molecule has 0 spiro atoms. The highest BCUT2D eigenvalue weighted by atomic mass is 35.5. The van der Waals surface area contributed by atoms with E-state index in [0.717, 1.165) is 56.1 Å². The highest BCUT2D eigenvalue weighted by Gasteiger charge is 2.44. The van der Waals surface area contributed by atoms with Gasteiger partial charge in [0, 0.05) is 56.9 Å². The number of carbonyl (C=O) groups is 1. The zero-order valence-corrected chi connectivity index (χ0v) is 26.0. The highest BCUT2D eigenvalue weighted by Crippen LogP contribution is 2.54. The van der Waals surface area contributed by atoms with Gasteiger partial charge >= 0.3 is 0 Å². The lowest BCUT2D eigenvalue weighted by Crippen LogP contribution is -2.34. The molecular weight excluding hydrogens is 576 g/mol. The number of benzene rings is 3. The van der Waals surface area contributed by atoms with Crippen molar-refractivity contribution in [1.29, 1.82) is 0 Å². The van der Waals surface area contributed by atoms with E-state index in [4.69, 9.17) is 30.9 Å². The summed E-state index contributed by atoms with van der Waals surface area (Å²) in [5.41, 5.74) is 6.73. The molecule has 8 nitrogen and oxygen atoms in total. The number of hydrogen-bond acceptors (Lipinski definition) is 6. The van der Waals surface area contributed by atoms with Crippen molar-refractivity contribution in [2.24, 2.45) is 5.41 Å². The van der Waals surface area contributed by atoms with Gasteiger partial charge in [-0.1, -0.05) is 43.6 Å². The number of aromatic amines is 1. The highest BCUT2D eigenvalue weighted by molar-refractivity contribution is 6.30. The van der Waals surface area contributed by atoms with Crippen LogP contribution in [0.3, 0.4) is 0 Å². The lowest BCUT2D eigenvalue weighted by molar-refractivity contribution is -0.118. The fraction of sp³-hybridized carbons (Fsp3) is 0.257. The van der Waals surface area contributed by atoms with Crippen molar-refractivity contribution in [3.05, 3.63) is 94.3 Å². The van der Waals surface area contributed by atoms with Gasteiger partial charge in [-0.25, -0.2) is 4.68 Å². The Morgan fingerprint density at radius 3 is 2.34 bits per heavy atom. The number of allylic oxidation sites excluding steroid dienone is 2. The van der Waals surface area contributed by atoms with E-state index in [1.54, 1.807) is 21.3 Å². The summed E-state index contributed by atoms with van der Waals surface area (Å²) in [5, 5.41) is 10.6. The number of hydrogen-bond donors (Lipinski definition) is 2. The number of ketones is 1. The van der Waals surface area contributed by atoms with Gasteiger partial charge in [0.1, 0.15) is 11.5 Å². The molecule has 7 rings (SSSR count). The monoisotopic (exact) mass is 608 g/mol. The molecule has 1 aliphatic carbocycles. The van der Waals surface area contributed by atoms with Gasteiger partial charge in [0.2, 0.25) is 5.75 Å². The number of rotatable bonds is 6. The molecular formula is C35H33ClN4O4. The van der Waals surface area contributed by atoms with Crippen LogP contribution >= 0.6 is 11.6 Å². The molecule has 5 aromatic rings. The summed E-state index contributed by atoms with van der Waals surface area (Å²) in [7, 11) is 4.79. The zero-order valence-electron chi connectivity index (χ0n) is 25.2. The molecule has 0 fully saturated rings. The van der Waals surface area contributed by atoms with Crippen molar-refractivity contribution in [3.63, 3.8) is 0 Å². The number of ether oxygens (including phenoxy) is 3. The first-order chi connectivity index (χ1) is 21.2. The van der Waals surface area contributed by atoms with Gasteiger partial charge in [-0.2, -0.15) is 5.10 Å². The van der Waals surface area contributed by atoms with E-state index in [1.165, 1.54) is 0 Å². The first kappa shape index (κ1) is 28.1. The lowest BCUT2D eigenvalue weighted by atomic mass is 9.68. The molecule has 0 bridgehead atoms. The largest absolute Gasteiger partial charge is 0.493 e. The molecule has 0 saturated carbocycles. The average Bonchev–Trinajstić information content (AvgIpc) is 3.60. The van der Waals surface area contributed by atoms with Crippen molar-refractivity contribution in [3.8, 4) is 34.2 Å². The van der Waals surface area contributed by atoms with Crippen molar-refractivity contribution < 1.29 is 19.0 Å². The Hall–Kier alpha value is -4.69. The number of fused-ring (bicyclic) bond motifs is 2. The number of Topliss-reactive ketones (excluding diaryl/α,β-unsaturated/α-hetero) is 1. The van der Waals surface area contributed by atoms with E-state index < -0.39 is 5.92 Å². The predicted octanol–water partition coefficient (Wildman–Crippen LogP) is 7.90. The number of nitrogens with zero attached hydrogens (tertiary/aromatic N) is 2. The number of aromatic nitrogens is 3. The maximum atomic E-state index is 14.2. The summed E-state index contributed by atoms with van der Waals surface area (Å²) >= 11 is 6.29. The molecule has 1 unspecified atom stereocenters. The zero-order chi connectivity index (χ0) is 30.7. The van der Waals surface area contributed by atoms with Crippen LogP contribution in [0.4, 0.5) is 5.82 Å². The van der Waals surface area contributed by atoms with Crippen molar-refractivity contribution in [1.82, 2.24) is 14.8 Å². The van der Waals surface area contributed by atoms with E-state index in [-0.39, 0.29) is 11.2 Å². The number of H-pyrrole nitrogens is 1. The molecule has 3 aromatic carbocycles. The van der Waals surface area contributed by atoms with Crippen LogP contribution in [0.1, 0.15) is 43.7 Å². The Morgan fingerprint density at radius 1 is 0.955 bits per heavy atom. The third kappa shape index (κ3) is 4.44. The first-order valence-corrected chi connectivity index (χ1v) is 14.9. The number of nitrogens with one attached hydrogen (secondary N) is 2. The number of methoxy groups -OCH3 is 3. The van der Waals surface area contributed by atoms with Gasteiger partial charge in [-0.05, 0) is 59.9 Å². The Bertz CT molecular complexity index is 1940. The molecule has 2 aromatic heterocycles. The molecule has 2 aliphatic rings. The molecule has 0 radical (unpaired) electrons. The van der Waals surface area contributed by atoms with Crippen molar-refractivity contribution in [2.45, 2.75) is 32.6 Å². The Morgan fingerprint density at radius 2 is 1.66 bits per heavy atom. The minimum absolute atomic E-state index is 0.109. The van der Waals surface area contributed by atoms with E-state index in [2.05, 4.69) is 30.2 Å². The van der Waals surface area contributed by atoms with Gasteiger partial charge in [0.15, 0.2) is 17.3 Å². The van der Waals surface area contributed by atoms with Crippen LogP contribution in [-0.4, -0.2) is 41.9 Å². The van der Waals surface area contributed by atoms with Crippen LogP contribution in [0.15, 0.2) is 78.1 Å². The molecule has 0 saturated heterocycles. The van der Waals surface area contributed by atoms with E-state index in [0.29, 0.717) is 35.1 Å². The summed E-state index contributed by atoms with van der Waals surface area (Å²) in [6, 6.07) is 19.6. The number of anilines is 1. The smallest absolute Gasteiger partial charge is 0.203 e. The Balaban J connectivity index is 1.58. The van der Waals surface area contributed by atoms with Crippen LogP contribution < -0.4 is 19.5 Å². The summed E-state index contributed by atoms with van der Waals surface area (Å²) < 4.78 is 19.1. The lowest BCUT2D eigenvalue weighted by Gasteiger charge is -2.39. The maximum absolute atomic E-state index is 14.2. The fourth-order valence-electron chi connectivity index (χ4n) is 6.73. The summed E-state index contributed by atoms with van der Waals surface area (Å²) in [6.07, 6.45) is 3.14. The molecule has 9 heteroatoms. The Labute approximate surface area is 260 Å². The Kier molecular flexibility index (Phi) is 6.70. The van der Waals surface area contributed by atoms with E-state index >= 15 is 0 Å². The fourth-order valence-corrected chi connectivity index (χ4v) is 6.86. The van der Waals surface area contributed by atoms with Crippen LogP contribution in [-0.2, 0) is 4.79 Å². The average molecular weight is 609 g/mol. The van der Waals surface area contributed by atoms with E-state index in [9.17, 15) is 4.79 Å². The third-order valence-electron chi connectivity index (χ3n) is 8.62. The summed E-state index contributed by atoms with van der Waals surface area (Å²) in [4.78, 5) is 17.6. The summed E-state index contributed by atoms with van der Waals surface area (Å²) in [5.74, 6) is 1.99. The minimum Gasteiger partial charge on any atom is -0.493 e. The molecule has 1 atom stereocenters. The predicted molar refractivity (Wildman–Crippen MR) is 172 cm³/mol. The van der Waals surface area contributed by atoms with Crippen molar-refractivity contribution in [2.75, 3.05) is 26.6 Å². The minimum atomic E-state index is -0.455. The molecule has 44 heavy (non-hydrogen) atoms. The first-order valence-electron chi connectivity index (χ1n) is 14.5. The molecule has 3 heterocycles. The second-order valence-corrected chi connectivity index (χ2v) is 12.5. The normalized spacial score (nSPS) is 17.2. The number of carbonyl (C=O) groups excluding carboxylic acids is 1. The molecule has 1 aliphatic heterocycles. The van der Waals surface area contributed by atoms with Crippen LogP contribution in [0.25, 0.3) is 27.8 Å². The third-order valence-corrected chi connectivity index (χ3v) is 8.88. The second-order valence-electron chi connectivity index (χ2n) is 12.1. The topological polar surface area (TPSA) is 90.4 Å². The van der Waals surface area contributed by atoms with Gasteiger partial charge in [0.05, 0.1) is 27.0 Å². The van der Waals surface area contributed by atoms with E-state index in [1.807, 2.05) is 65.5 Å².